The van der Waals surface area contributed by atoms with E-state index in [1.165, 1.54) is 0 Å². The summed E-state index contributed by atoms with van der Waals surface area (Å²) in [7, 11) is 0. The van der Waals surface area contributed by atoms with E-state index in [-0.39, 0.29) is 11.8 Å². The van der Waals surface area contributed by atoms with Crippen LogP contribution in [0.1, 0.15) is 26.7 Å². The predicted molar refractivity (Wildman–Crippen MR) is 87.6 cm³/mol. The number of carbonyl (C=O) groups excluding carboxylic acids is 2. The summed E-state index contributed by atoms with van der Waals surface area (Å²) in [4.78, 5) is 27.7. The number of nitrogens with zero attached hydrogens (tertiary/aromatic N) is 2. The van der Waals surface area contributed by atoms with Crippen molar-refractivity contribution in [2.75, 3.05) is 31.5 Å². The van der Waals surface area contributed by atoms with Gasteiger partial charge in [-0.05, 0) is 31.9 Å². The Bertz CT molecular complexity index is 496. The summed E-state index contributed by atoms with van der Waals surface area (Å²) < 4.78 is 0. The lowest BCUT2D eigenvalue weighted by molar-refractivity contribution is -0.132. The highest BCUT2D eigenvalue weighted by molar-refractivity contribution is 5.92. The molecule has 0 aliphatic carbocycles. The molecule has 1 saturated heterocycles. The van der Waals surface area contributed by atoms with Crippen LogP contribution >= 0.6 is 0 Å². The second-order valence-electron chi connectivity index (χ2n) is 5.73. The number of rotatable bonds is 5. The van der Waals surface area contributed by atoms with E-state index < -0.39 is 0 Å². The first-order valence-corrected chi connectivity index (χ1v) is 7.94. The van der Waals surface area contributed by atoms with Gasteiger partial charge in [0, 0.05) is 38.3 Å². The Kier molecular flexibility index (Phi) is 5.95. The van der Waals surface area contributed by atoms with Gasteiger partial charge in [0.25, 0.3) is 0 Å². The van der Waals surface area contributed by atoms with Gasteiger partial charge in [0.15, 0.2) is 0 Å². The lowest BCUT2D eigenvalue weighted by atomic mass is 10.0. The molecule has 0 spiro atoms. The molecule has 0 unspecified atom stereocenters. The first kappa shape index (κ1) is 16.5. The third kappa shape index (κ3) is 4.56. The first-order chi connectivity index (χ1) is 10.6. The number of carbonyl (C=O) groups is 2. The van der Waals surface area contributed by atoms with Crippen LogP contribution in [0.4, 0.5) is 5.69 Å². The Labute approximate surface area is 132 Å². The van der Waals surface area contributed by atoms with E-state index in [1.807, 2.05) is 42.2 Å². The Morgan fingerprint density at radius 1 is 1.23 bits per heavy atom. The molecule has 0 saturated carbocycles. The Morgan fingerprint density at radius 3 is 2.41 bits per heavy atom. The normalized spacial score (nSPS) is 16.3. The quantitative estimate of drug-likeness (QED) is 0.904. The fraction of sp³-hybridized carbons (Fsp3) is 0.529. The van der Waals surface area contributed by atoms with Gasteiger partial charge in [-0.3, -0.25) is 14.5 Å². The third-order valence-electron chi connectivity index (χ3n) is 4.17. The Hall–Kier alpha value is -1.88. The average Bonchev–Trinajstić information content (AvgIpc) is 2.50. The van der Waals surface area contributed by atoms with Crippen molar-refractivity contribution in [2.24, 2.45) is 0 Å². The van der Waals surface area contributed by atoms with E-state index in [9.17, 15) is 9.59 Å². The molecule has 0 radical (unpaired) electrons. The number of nitrogens with one attached hydrogen (secondary N) is 1. The predicted octanol–water partition coefficient (Wildman–Crippen LogP) is 1.96. The van der Waals surface area contributed by atoms with E-state index >= 15 is 0 Å². The molecule has 120 valence electrons. The number of piperidine rings is 1. The van der Waals surface area contributed by atoms with Crippen LogP contribution in [0.25, 0.3) is 0 Å². The molecule has 1 aliphatic rings. The lowest BCUT2D eigenvalue weighted by Crippen LogP contribution is -2.48. The van der Waals surface area contributed by atoms with Crippen LogP contribution in [-0.4, -0.2) is 53.8 Å². The van der Waals surface area contributed by atoms with Crippen LogP contribution in [-0.2, 0) is 9.59 Å². The summed E-state index contributed by atoms with van der Waals surface area (Å²) in [5, 5.41) is 2.91. The van der Waals surface area contributed by atoms with Gasteiger partial charge >= 0.3 is 0 Å². The summed E-state index contributed by atoms with van der Waals surface area (Å²) in [6.45, 7) is 6.53. The molecule has 1 aromatic carbocycles. The zero-order valence-electron chi connectivity index (χ0n) is 13.4. The van der Waals surface area contributed by atoms with Crippen molar-refractivity contribution in [3.05, 3.63) is 30.3 Å². The van der Waals surface area contributed by atoms with Gasteiger partial charge in [-0.25, -0.2) is 0 Å². The molecule has 5 heteroatoms. The second kappa shape index (κ2) is 7.94. The van der Waals surface area contributed by atoms with E-state index in [0.29, 0.717) is 12.6 Å². The van der Waals surface area contributed by atoms with Crippen molar-refractivity contribution in [1.29, 1.82) is 0 Å². The molecular weight excluding hydrogens is 278 g/mol. The van der Waals surface area contributed by atoms with Crippen LogP contribution in [0.5, 0.6) is 0 Å². The fourth-order valence-electron chi connectivity index (χ4n) is 3.05. The molecule has 1 fully saturated rings. The monoisotopic (exact) mass is 303 g/mol. The summed E-state index contributed by atoms with van der Waals surface area (Å²) in [6.07, 6.45) is 1.87. The number of hydrogen-bond acceptors (Lipinski definition) is 3. The highest BCUT2D eigenvalue weighted by Crippen LogP contribution is 2.16. The Balaban J connectivity index is 1.77. The fourth-order valence-corrected chi connectivity index (χ4v) is 3.05. The molecular formula is C17H25N3O2. The van der Waals surface area contributed by atoms with Gasteiger partial charge in [-0.15, -0.1) is 0 Å². The molecule has 2 amide bonds. The minimum Gasteiger partial charge on any atom is -0.340 e. The number of anilines is 1. The molecule has 0 bridgehead atoms. The first-order valence-electron chi connectivity index (χ1n) is 7.94. The lowest BCUT2D eigenvalue weighted by Gasteiger charge is -2.37. The zero-order chi connectivity index (χ0) is 15.9. The van der Waals surface area contributed by atoms with Gasteiger partial charge in [-0.2, -0.15) is 0 Å². The SMILES string of the molecule is CCN(C(C)=O)C1CCN(CC(=O)Nc2ccccc2)CC1. The van der Waals surface area contributed by atoms with Gasteiger partial charge in [-0.1, -0.05) is 18.2 Å². The number of para-hydroxylation sites is 1. The van der Waals surface area contributed by atoms with Crippen molar-refractivity contribution < 1.29 is 9.59 Å². The van der Waals surface area contributed by atoms with Crippen molar-refractivity contribution >= 4 is 17.5 Å². The van der Waals surface area contributed by atoms with Crippen LogP contribution in [0.2, 0.25) is 0 Å². The second-order valence-corrected chi connectivity index (χ2v) is 5.73. The molecule has 22 heavy (non-hydrogen) atoms. The molecule has 0 atom stereocenters. The number of benzene rings is 1. The van der Waals surface area contributed by atoms with E-state index in [4.69, 9.17) is 0 Å². The molecule has 0 aromatic heterocycles. The van der Waals surface area contributed by atoms with Gasteiger partial charge in [0.1, 0.15) is 0 Å². The molecule has 1 aliphatic heterocycles. The van der Waals surface area contributed by atoms with Gasteiger partial charge < -0.3 is 10.2 Å². The number of likely N-dealkylation sites (tertiary alicyclic amines) is 1. The minimum atomic E-state index is 0.0172. The van der Waals surface area contributed by atoms with Crippen molar-refractivity contribution in [2.45, 2.75) is 32.7 Å². The number of hydrogen-bond donors (Lipinski definition) is 1. The van der Waals surface area contributed by atoms with Crippen molar-refractivity contribution in [3.63, 3.8) is 0 Å². The largest absolute Gasteiger partial charge is 0.340 e. The van der Waals surface area contributed by atoms with E-state index in [0.717, 1.165) is 38.2 Å². The molecule has 1 N–H and O–H groups in total. The molecule has 1 heterocycles. The van der Waals surface area contributed by atoms with Crippen molar-refractivity contribution in [3.8, 4) is 0 Å². The summed E-state index contributed by atoms with van der Waals surface area (Å²) in [5.41, 5.74) is 0.830. The minimum absolute atomic E-state index is 0.0172. The summed E-state index contributed by atoms with van der Waals surface area (Å²) in [6, 6.07) is 9.82. The van der Waals surface area contributed by atoms with Gasteiger partial charge in [0.05, 0.1) is 6.54 Å². The van der Waals surface area contributed by atoms with Crippen LogP contribution < -0.4 is 5.32 Å². The van der Waals surface area contributed by atoms with Crippen LogP contribution in [0.15, 0.2) is 30.3 Å². The average molecular weight is 303 g/mol. The Morgan fingerprint density at radius 2 is 1.86 bits per heavy atom. The standard InChI is InChI=1S/C17H25N3O2/c1-3-20(14(2)21)16-9-11-19(12-10-16)13-17(22)18-15-7-5-4-6-8-15/h4-8,16H,3,9-13H2,1-2H3,(H,18,22). The highest BCUT2D eigenvalue weighted by atomic mass is 16.2. The van der Waals surface area contributed by atoms with Crippen molar-refractivity contribution in [1.82, 2.24) is 9.80 Å². The van der Waals surface area contributed by atoms with Crippen LogP contribution in [0.3, 0.4) is 0 Å². The summed E-state index contributed by atoms with van der Waals surface area (Å²) in [5.74, 6) is 0.159. The summed E-state index contributed by atoms with van der Waals surface area (Å²) >= 11 is 0. The highest BCUT2D eigenvalue weighted by Gasteiger charge is 2.25. The maximum absolute atomic E-state index is 12.0. The van der Waals surface area contributed by atoms with E-state index in [2.05, 4.69) is 10.2 Å². The number of amides is 2. The molecule has 5 nitrogen and oxygen atoms in total. The maximum Gasteiger partial charge on any atom is 0.238 e. The third-order valence-corrected chi connectivity index (χ3v) is 4.17. The zero-order valence-corrected chi connectivity index (χ0v) is 13.4. The van der Waals surface area contributed by atoms with Crippen LogP contribution in [0, 0.1) is 0 Å². The molecule has 2 rings (SSSR count). The topological polar surface area (TPSA) is 52.7 Å². The van der Waals surface area contributed by atoms with Gasteiger partial charge in [0.2, 0.25) is 11.8 Å². The van der Waals surface area contributed by atoms with E-state index in [1.54, 1.807) is 6.92 Å². The molecule has 1 aromatic rings. The maximum atomic E-state index is 12.0. The smallest absolute Gasteiger partial charge is 0.238 e.